The maximum atomic E-state index is 13.2. The Labute approximate surface area is 194 Å². The molecule has 0 radical (unpaired) electrons. The number of likely N-dealkylation sites (tertiary alicyclic amines) is 1. The number of hydrogen-bond donors (Lipinski definition) is 1. The molecule has 1 unspecified atom stereocenters. The largest absolute Gasteiger partial charge is 0.507 e. The average Bonchev–Trinajstić information content (AvgIpc) is 3.13. The van der Waals surface area contributed by atoms with Crippen molar-refractivity contribution in [3.05, 3.63) is 63.9 Å². The molecule has 1 atom stereocenters. The van der Waals surface area contributed by atoms with Crippen LogP contribution in [0.1, 0.15) is 59.3 Å². The fourth-order valence-corrected chi connectivity index (χ4v) is 4.61. The van der Waals surface area contributed by atoms with Crippen LogP contribution in [0.3, 0.4) is 0 Å². The van der Waals surface area contributed by atoms with Crippen molar-refractivity contribution in [3.63, 3.8) is 0 Å². The highest BCUT2D eigenvalue weighted by molar-refractivity contribution is 6.15. The van der Waals surface area contributed by atoms with Gasteiger partial charge in [-0.15, -0.1) is 0 Å². The third-order valence-corrected chi connectivity index (χ3v) is 6.41. The topological polar surface area (TPSA) is 76.1 Å². The number of carbonyl (C=O) groups excluding carboxylic acids is 2. The normalized spacial score (nSPS) is 19.4. The molecule has 0 aliphatic carbocycles. The van der Waals surface area contributed by atoms with Crippen molar-refractivity contribution >= 4 is 17.8 Å². The molecule has 6 nitrogen and oxygen atoms in total. The molecule has 4 rings (SSSR count). The lowest BCUT2D eigenvalue weighted by molar-refractivity contribution is -0.150. The zero-order valence-electron chi connectivity index (χ0n) is 19.5. The van der Waals surface area contributed by atoms with Crippen LogP contribution in [0.4, 0.5) is 0 Å². The van der Waals surface area contributed by atoms with Crippen LogP contribution < -0.4 is 4.74 Å². The summed E-state index contributed by atoms with van der Waals surface area (Å²) in [5.41, 5.74) is 3.88. The second kappa shape index (κ2) is 9.79. The fraction of sp³-hybridized carbons (Fsp3) is 0.407. The number of phenols is 1. The van der Waals surface area contributed by atoms with E-state index >= 15 is 0 Å². The number of rotatable bonds is 6. The minimum atomic E-state index is -0.177. The highest BCUT2D eigenvalue weighted by Crippen LogP contribution is 2.42. The highest BCUT2D eigenvalue weighted by atomic mass is 16.5. The van der Waals surface area contributed by atoms with Crippen LogP contribution in [0.25, 0.3) is 6.08 Å². The van der Waals surface area contributed by atoms with Crippen LogP contribution in [0.5, 0.6) is 11.5 Å². The van der Waals surface area contributed by atoms with Gasteiger partial charge in [-0.3, -0.25) is 14.5 Å². The number of ether oxygens (including phenoxy) is 2. The summed E-state index contributed by atoms with van der Waals surface area (Å²) in [6.45, 7) is 7.84. The van der Waals surface area contributed by atoms with Crippen LogP contribution in [0, 0.1) is 12.8 Å². The minimum absolute atomic E-state index is 0.103. The van der Waals surface area contributed by atoms with Crippen molar-refractivity contribution in [2.24, 2.45) is 5.92 Å². The molecule has 0 saturated carbocycles. The number of aryl methyl sites for hydroxylation is 2. The van der Waals surface area contributed by atoms with E-state index in [2.05, 4.69) is 11.8 Å². The van der Waals surface area contributed by atoms with E-state index in [1.54, 1.807) is 19.1 Å². The van der Waals surface area contributed by atoms with Gasteiger partial charge < -0.3 is 14.6 Å². The van der Waals surface area contributed by atoms with E-state index in [9.17, 15) is 14.7 Å². The molecule has 2 aromatic carbocycles. The number of fused-ring (bicyclic) bond motifs is 1. The number of nitrogens with zero attached hydrogens (tertiary/aromatic N) is 1. The first kappa shape index (κ1) is 23.1. The second-order valence-electron chi connectivity index (χ2n) is 8.76. The third kappa shape index (κ3) is 4.81. The molecule has 2 aromatic rings. The summed E-state index contributed by atoms with van der Waals surface area (Å²) in [6, 6.07) is 9.65. The lowest BCUT2D eigenvalue weighted by Crippen LogP contribution is -2.39. The number of benzene rings is 2. The van der Waals surface area contributed by atoms with Gasteiger partial charge in [0.1, 0.15) is 11.5 Å². The predicted molar refractivity (Wildman–Crippen MR) is 126 cm³/mol. The summed E-state index contributed by atoms with van der Waals surface area (Å²) in [4.78, 5) is 27.5. The molecule has 2 aliphatic heterocycles. The van der Waals surface area contributed by atoms with Gasteiger partial charge in [0.05, 0.1) is 23.7 Å². The average molecular weight is 450 g/mol. The van der Waals surface area contributed by atoms with Crippen molar-refractivity contribution in [1.29, 1.82) is 0 Å². The number of allylic oxidation sites excluding steroid dienone is 1. The fourth-order valence-electron chi connectivity index (χ4n) is 4.61. The maximum absolute atomic E-state index is 13.2. The number of Topliss-reactive ketones (excluding diaryl/α,β-unsaturated/α-hetero) is 1. The third-order valence-electron chi connectivity index (χ3n) is 6.41. The zero-order valence-corrected chi connectivity index (χ0v) is 19.5. The molecule has 1 saturated heterocycles. The molecule has 174 valence electrons. The van der Waals surface area contributed by atoms with Crippen molar-refractivity contribution in [2.45, 2.75) is 46.6 Å². The standard InChI is InChI=1S/C27H31NO5/c1-4-18-8-10-19(11-9-18)14-23-25(30)24-17(3)13-22(29)21(26(24)33-23)16-28-12-6-7-20(15-28)27(31)32-5-2/h8-11,13-14,20,29H,4-7,12,15-16H2,1-3H3/b23-14-. The number of aromatic hydroxyl groups is 1. The number of hydrogen-bond acceptors (Lipinski definition) is 6. The van der Waals surface area contributed by atoms with Gasteiger partial charge in [-0.1, -0.05) is 31.2 Å². The van der Waals surface area contributed by atoms with Gasteiger partial charge in [0.15, 0.2) is 5.76 Å². The van der Waals surface area contributed by atoms with Gasteiger partial charge in [0.25, 0.3) is 0 Å². The summed E-state index contributed by atoms with van der Waals surface area (Å²) in [5, 5.41) is 10.7. The van der Waals surface area contributed by atoms with Gasteiger partial charge >= 0.3 is 5.97 Å². The zero-order chi connectivity index (χ0) is 23.5. The summed E-state index contributed by atoms with van der Waals surface area (Å²) in [6.07, 6.45) is 4.37. The van der Waals surface area contributed by atoms with Gasteiger partial charge in [-0.25, -0.2) is 0 Å². The molecule has 33 heavy (non-hydrogen) atoms. The Morgan fingerprint density at radius 3 is 2.73 bits per heavy atom. The van der Waals surface area contributed by atoms with Crippen molar-refractivity contribution in [2.75, 3.05) is 19.7 Å². The molecular formula is C27H31NO5. The summed E-state index contributed by atoms with van der Waals surface area (Å²) in [5.74, 6) is 0.256. The van der Waals surface area contributed by atoms with Crippen molar-refractivity contribution in [3.8, 4) is 11.5 Å². The Bertz CT molecular complexity index is 1090. The van der Waals surface area contributed by atoms with E-state index in [1.807, 2.05) is 31.2 Å². The molecule has 6 heteroatoms. The SMILES string of the molecule is CCOC(=O)C1CCCN(Cc2c(O)cc(C)c3c2O/C(=C\c2ccc(CC)cc2)C3=O)C1. The maximum Gasteiger partial charge on any atom is 0.310 e. The molecule has 1 fully saturated rings. The van der Waals surface area contributed by atoms with E-state index < -0.39 is 0 Å². The summed E-state index contributed by atoms with van der Waals surface area (Å²) < 4.78 is 11.3. The van der Waals surface area contributed by atoms with Crippen LogP contribution in [-0.2, 0) is 22.5 Å². The first-order valence-corrected chi connectivity index (χ1v) is 11.7. The molecule has 2 aliphatic rings. The predicted octanol–water partition coefficient (Wildman–Crippen LogP) is 4.65. The summed E-state index contributed by atoms with van der Waals surface area (Å²) >= 11 is 0. The van der Waals surface area contributed by atoms with Gasteiger partial charge in [0.2, 0.25) is 5.78 Å². The molecule has 2 heterocycles. The van der Waals surface area contributed by atoms with Gasteiger partial charge in [-0.2, -0.15) is 0 Å². The first-order valence-electron chi connectivity index (χ1n) is 11.7. The van der Waals surface area contributed by atoms with Crippen LogP contribution >= 0.6 is 0 Å². The first-order chi connectivity index (χ1) is 15.9. The molecule has 0 bridgehead atoms. The van der Waals surface area contributed by atoms with Crippen LogP contribution in [0.15, 0.2) is 36.1 Å². The van der Waals surface area contributed by atoms with E-state index in [0.29, 0.717) is 42.1 Å². The molecular weight excluding hydrogens is 418 g/mol. The second-order valence-corrected chi connectivity index (χ2v) is 8.76. The highest BCUT2D eigenvalue weighted by Gasteiger charge is 2.35. The summed E-state index contributed by atoms with van der Waals surface area (Å²) in [7, 11) is 0. The van der Waals surface area contributed by atoms with Gasteiger partial charge in [-0.05, 0) is 68.5 Å². The number of carbonyl (C=O) groups is 2. The smallest absolute Gasteiger partial charge is 0.310 e. The van der Waals surface area contributed by atoms with Crippen LogP contribution in [0.2, 0.25) is 0 Å². The lowest BCUT2D eigenvalue weighted by atomic mass is 9.96. The Kier molecular flexibility index (Phi) is 6.84. The minimum Gasteiger partial charge on any atom is -0.507 e. The van der Waals surface area contributed by atoms with E-state index in [-0.39, 0.29) is 29.2 Å². The van der Waals surface area contributed by atoms with Crippen molar-refractivity contribution in [1.82, 2.24) is 4.90 Å². The van der Waals surface area contributed by atoms with Gasteiger partial charge in [0, 0.05) is 13.1 Å². The number of phenolic OH excluding ortho intramolecular Hbond substituents is 1. The monoisotopic (exact) mass is 449 g/mol. The molecule has 0 aromatic heterocycles. The molecule has 1 N–H and O–H groups in total. The van der Waals surface area contributed by atoms with Crippen LogP contribution in [-0.4, -0.2) is 41.5 Å². The Hall–Kier alpha value is -3.12. The Morgan fingerprint density at radius 2 is 2.03 bits per heavy atom. The quantitative estimate of drug-likeness (QED) is 0.511. The number of piperidine rings is 1. The van der Waals surface area contributed by atoms with Crippen molar-refractivity contribution < 1.29 is 24.2 Å². The Balaban J connectivity index is 1.60. The number of esters is 1. The Morgan fingerprint density at radius 1 is 1.27 bits per heavy atom. The van der Waals surface area contributed by atoms with E-state index in [1.165, 1.54) is 5.56 Å². The molecule has 0 spiro atoms. The lowest BCUT2D eigenvalue weighted by Gasteiger charge is -2.31. The van der Waals surface area contributed by atoms with E-state index in [4.69, 9.17) is 9.47 Å². The van der Waals surface area contributed by atoms with E-state index in [0.717, 1.165) is 31.4 Å². The molecule has 0 amide bonds. The number of ketones is 1.